The van der Waals surface area contributed by atoms with Crippen LogP contribution in [0.1, 0.15) is 16.8 Å². The third kappa shape index (κ3) is 2.87. The molecule has 1 aromatic carbocycles. The molecule has 1 fully saturated rings. The van der Waals surface area contributed by atoms with E-state index in [2.05, 4.69) is 0 Å². The highest BCUT2D eigenvalue weighted by molar-refractivity contribution is 7.98. The van der Waals surface area contributed by atoms with Gasteiger partial charge in [-0.15, -0.1) is 11.8 Å². The minimum atomic E-state index is -0.552. The normalized spacial score (nSPS) is 18.6. The lowest BCUT2D eigenvalue weighted by Gasteiger charge is -2.15. The SMILES string of the molecule is CSc1ccc([N+](=O)[O-])c(C(=O)N2CC[C@@H](O)C2)c1. The molecule has 0 unspecified atom stereocenters. The lowest BCUT2D eigenvalue weighted by atomic mass is 10.1. The largest absolute Gasteiger partial charge is 0.391 e. The van der Waals surface area contributed by atoms with E-state index in [-0.39, 0.29) is 23.7 Å². The first kappa shape index (κ1) is 13.8. The highest BCUT2D eigenvalue weighted by Crippen LogP contribution is 2.27. The number of carbonyl (C=O) groups is 1. The van der Waals surface area contributed by atoms with Gasteiger partial charge in [-0.3, -0.25) is 14.9 Å². The Morgan fingerprint density at radius 2 is 2.32 bits per heavy atom. The maximum absolute atomic E-state index is 12.3. The minimum Gasteiger partial charge on any atom is -0.391 e. The second kappa shape index (κ2) is 5.58. The summed E-state index contributed by atoms with van der Waals surface area (Å²) in [6.45, 7) is 0.667. The molecule has 1 amide bonds. The molecule has 1 saturated heterocycles. The summed E-state index contributed by atoms with van der Waals surface area (Å²) in [6, 6.07) is 4.51. The molecule has 6 nitrogen and oxygen atoms in total. The van der Waals surface area contributed by atoms with E-state index >= 15 is 0 Å². The molecule has 2 rings (SSSR count). The third-order valence-electron chi connectivity index (χ3n) is 3.08. The van der Waals surface area contributed by atoms with Crippen LogP contribution in [-0.2, 0) is 0 Å². The molecule has 19 heavy (non-hydrogen) atoms. The van der Waals surface area contributed by atoms with Crippen LogP contribution in [0.5, 0.6) is 0 Å². The number of aliphatic hydroxyl groups excluding tert-OH is 1. The Morgan fingerprint density at radius 3 is 2.84 bits per heavy atom. The molecule has 102 valence electrons. The van der Waals surface area contributed by atoms with Crippen LogP contribution in [0.25, 0.3) is 0 Å². The average Bonchev–Trinajstić information content (AvgIpc) is 2.83. The fourth-order valence-corrected chi connectivity index (χ4v) is 2.51. The maximum atomic E-state index is 12.3. The van der Waals surface area contributed by atoms with Crippen molar-refractivity contribution < 1.29 is 14.8 Å². The van der Waals surface area contributed by atoms with E-state index in [9.17, 15) is 20.0 Å². The molecule has 0 spiro atoms. The van der Waals surface area contributed by atoms with Crippen LogP contribution in [0.3, 0.4) is 0 Å². The van der Waals surface area contributed by atoms with Gasteiger partial charge in [0.25, 0.3) is 11.6 Å². The zero-order chi connectivity index (χ0) is 14.0. The van der Waals surface area contributed by atoms with Crippen molar-refractivity contribution in [3.63, 3.8) is 0 Å². The molecule has 1 aromatic rings. The van der Waals surface area contributed by atoms with Crippen LogP contribution >= 0.6 is 11.8 Å². The molecule has 0 aromatic heterocycles. The number of aliphatic hydroxyl groups is 1. The molecule has 7 heteroatoms. The van der Waals surface area contributed by atoms with E-state index in [4.69, 9.17) is 0 Å². The fraction of sp³-hybridized carbons (Fsp3) is 0.417. The number of hydrogen-bond acceptors (Lipinski definition) is 5. The Kier molecular flexibility index (Phi) is 4.06. The summed E-state index contributed by atoms with van der Waals surface area (Å²) >= 11 is 1.42. The summed E-state index contributed by atoms with van der Waals surface area (Å²) in [5, 5.41) is 20.4. The van der Waals surface area contributed by atoms with Gasteiger partial charge >= 0.3 is 0 Å². The van der Waals surface area contributed by atoms with Gasteiger partial charge in [0.05, 0.1) is 11.0 Å². The summed E-state index contributed by atoms with van der Waals surface area (Å²) in [5.41, 5.74) is -0.102. The number of thioether (sulfide) groups is 1. The molecule has 0 radical (unpaired) electrons. The van der Waals surface area contributed by atoms with Gasteiger partial charge in [-0.2, -0.15) is 0 Å². The highest BCUT2D eigenvalue weighted by atomic mass is 32.2. The number of rotatable bonds is 3. The number of amides is 1. The summed E-state index contributed by atoms with van der Waals surface area (Å²) in [7, 11) is 0. The fourth-order valence-electron chi connectivity index (χ4n) is 2.07. The predicted octanol–water partition coefficient (Wildman–Crippen LogP) is 1.52. The van der Waals surface area contributed by atoms with E-state index in [0.29, 0.717) is 13.0 Å². The number of likely N-dealkylation sites (tertiary alicyclic amines) is 1. The van der Waals surface area contributed by atoms with Crippen molar-refractivity contribution >= 4 is 23.4 Å². The Balaban J connectivity index is 2.36. The molecule has 1 heterocycles. The number of nitrogens with zero attached hydrogens (tertiary/aromatic N) is 2. The molecule has 0 aliphatic carbocycles. The summed E-state index contributed by atoms with van der Waals surface area (Å²) in [5.74, 6) is -0.390. The summed E-state index contributed by atoms with van der Waals surface area (Å²) < 4.78 is 0. The lowest BCUT2D eigenvalue weighted by Crippen LogP contribution is -2.30. The van der Waals surface area contributed by atoms with Gasteiger partial charge in [0, 0.05) is 24.1 Å². The van der Waals surface area contributed by atoms with Gasteiger partial charge in [-0.05, 0) is 24.8 Å². The van der Waals surface area contributed by atoms with Crippen LogP contribution < -0.4 is 0 Å². The van der Waals surface area contributed by atoms with E-state index in [0.717, 1.165) is 4.90 Å². The number of carbonyl (C=O) groups excluding carboxylic acids is 1. The van der Waals surface area contributed by atoms with Crippen molar-refractivity contribution in [3.05, 3.63) is 33.9 Å². The van der Waals surface area contributed by atoms with Gasteiger partial charge in [0.2, 0.25) is 0 Å². The molecule has 0 bridgehead atoms. The first-order valence-corrected chi connectivity index (χ1v) is 7.05. The first-order chi connectivity index (χ1) is 9.02. The smallest absolute Gasteiger partial charge is 0.282 e. The zero-order valence-electron chi connectivity index (χ0n) is 10.4. The summed E-state index contributed by atoms with van der Waals surface area (Å²) in [6.07, 6.45) is 1.82. The van der Waals surface area contributed by atoms with Gasteiger partial charge in [0.1, 0.15) is 5.56 Å². The minimum absolute atomic E-state index is 0.0888. The Bertz CT molecular complexity index is 520. The average molecular weight is 282 g/mol. The second-order valence-electron chi connectivity index (χ2n) is 4.33. The predicted molar refractivity (Wildman–Crippen MR) is 71.4 cm³/mol. The molecular formula is C12H14N2O4S. The van der Waals surface area contributed by atoms with Gasteiger partial charge < -0.3 is 10.0 Å². The van der Waals surface area contributed by atoms with Crippen molar-refractivity contribution in [2.45, 2.75) is 17.4 Å². The highest BCUT2D eigenvalue weighted by Gasteiger charge is 2.29. The Morgan fingerprint density at radius 1 is 1.58 bits per heavy atom. The van der Waals surface area contributed by atoms with Crippen LogP contribution in [0.2, 0.25) is 0 Å². The zero-order valence-corrected chi connectivity index (χ0v) is 11.2. The maximum Gasteiger partial charge on any atom is 0.282 e. The second-order valence-corrected chi connectivity index (χ2v) is 5.21. The summed E-state index contributed by atoms with van der Waals surface area (Å²) in [4.78, 5) is 25.0. The monoisotopic (exact) mass is 282 g/mol. The first-order valence-electron chi connectivity index (χ1n) is 5.82. The van der Waals surface area contributed by atoms with Crippen LogP contribution in [-0.4, -0.2) is 46.3 Å². The number of hydrogen-bond donors (Lipinski definition) is 1. The van der Waals surface area contributed by atoms with Crippen molar-refractivity contribution in [2.24, 2.45) is 0 Å². The van der Waals surface area contributed by atoms with E-state index in [1.165, 1.54) is 28.8 Å². The number of nitro benzene ring substituents is 1. The van der Waals surface area contributed by atoms with E-state index < -0.39 is 11.0 Å². The standard InChI is InChI=1S/C12H14N2O4S/c1-19-9-2-3-11(14(17)18)10(6-9)12(16)13-5-4-8(15)7-13/h2-3,6,8,15H,4-5,7H2,1H3/t8-/m1/s1. The van der Waals surface area contributed by atoms with Crippen LogP contribution in [0.4, 0.5) is 5.69 Å². The molecule has 1 atom stereocenters. The molecule has 1 aliphatic rings. The van der Waals surface area contributed by atoms with Crippen molar-refractivity contribution in [1.82, 2.24) is 4.90 Å². The lowest BCUT2D eigenvalue weighted by molar-refractivity contribution is -0.385. The third-order valence-corrected chi connectivity index (χ3v) is 3.81. The van der Waals surface area contributed by atoms with Gasteiger partial charge in [0.15, 0.2) is 0 Å². The molecule has 1 aliphatic heterocycles. The number of β-amino-alcohol motifs (C(OH)–C–C–N with tert-alkyl or cyclic N) is 1. The van der Waals surface area contributed by atoms with Crippen molar-refractivity contribution in [2.75, 3.05) is 19.3 Å². The Labute approximate surface area is 114 Å². The topological polar surface area (TPSA) is 83.7 Å². The molecule has 1 N–H and O–H groups in total. The molecular weight excluding hydrogens is 268 g/mol. The van der Waals surface area contributed by atoms with Gasteiger partial charge in [-0.25, -0.2) is 0 Å². The Hall–Kier alpha value is -1.60. The van der Waals surface area contributed by atoms with E-state index in [1.807, 2.05) is 6.26 Å². The van der Waals surface area contributed by atoms with Crippen LogP contribution in [0, 0.1) is 10.1 Å². The van der Waals surface area contributed by atoms with Crippen LogP contribution in [0.15, 0.2) is 23.1 Å². The quantitative estimate of drug-likeness (QED) is 0.516. The van der Waals surface area contributed by atoms with Crippen molar-refractivity contribution in [3.8, 4) is 0 Å². The molecule has 0 saturated carbocycles. The van der Waals surface area contributed by atoms with E-state index in [1.54, 1.807) is 6.07 Å². The number of benzene rings is 1. The van der Waals surface area contributed by atoms with Crippen molar-refractivity contribution in [1.29, 1.82) is 0 Å². The number of nitro groups is 1. The van der Waals surface area contributed by atoms with Gasteiger partial charge in [-0.1, -0.05) is 0 Å².